The molecule has 0 bridgehead atoms. The van der Waals surface area contributed by atoms with Gasteiger partial charge >= 0.3 is 5.97 Å². The lowest BCUT2D eigenvalue weighted by atomic mass is 9.90. The number of esters is 1. The van der Waals surface area contributed by atoms with E-state index in [1.165, 1.54) is 231 Å². The number of aldehydes is 1. The molecule has 0 radical (unpaired) electrons. The van der Waals surface area contributed by atoms with Crippen LogP contribution in [0.15, 0.2) is 0 Å². The lowest BCUT2D eigenvalue weighted by molar-refractivity contribution is -0.150. The molecule has 7 heteroatoms. The first-order valence-corrected chi connectivity index (χ1v) is 27.1. The highest BCUT2D eigenvalue weighted by Gasteiger charge is 2.16. The quantitative estimate of drug-likeness (QED) is 0.0370. The largest absolute Gasteiger partial charge is 0.462 e. The number of hydrogen-bond donors (Lipinski definition) is 1. The van der Waals surface area contributed by atoms with E-state index in [0.717, 1.165) is 58.1 Å². The van der Waals surface area contributed by atoms with E-state index in [1.54, 1.807) is 7.11 Å². The molecule has 0 amide bonds. The Hall–Kier alpha value is -1.31. The average molecular weight is 882 g/mol. The van der Waals surface area contributed by atoms with E-state index < -0.39 is 0 Å². The Balaban J connectivity index is -0.00000162. The molecule has 62 heavy (non-hydrogen) atoms. The van der Waals surface area contributed by atoms with Gasteiger partial charge in [0.05, 0.1) is 0 Å². The molecule has 0 aromatic carbocycles. The van der Waals surface area contributed by atoms with Crippen molar-refractivity contribution in [2.75, 3.05) is 40.5 Å². The summed E-state index contributed by atoms with van der Waals surface area (Å²) in [6, 6.07) is 0. The summed E-state index contributed by atoms with van der Waals surface area (Å²) in [6.07, 6.45) is 51.3. The predicted octanol–water partition coefficient (Wildman–Crippen LogP) is 16.0. The van der Waals surface area contributed by atoms with Gasteiger partial charge in [0, 0.05) is 33.7 Å². The first-order valence-electron chi connectivity index (χ1n) is 27.1. The summed E-state index contributed by atoms with van der Waals surface area (Å²) in [5.41, 5.74) is 0. The summed E-state index contributed by atoms with van der Waals surface area (Å²) in [5, 5.41) is 7.00. The van der Waals surface area contributed by atoms with Crippen molar-refractivity contribution in [1.29, 1.82) is 0 Å². The van der Waals surface area contributed by atoms with Crippen LogP contribution in [-0.2, 0) is 23.9 Å². The zero-order valence-corrected chi connectivity index (χ0v) is 42.9. The molecule has 0 aromatic heterocycles. The molecule has 1 atom stereocenters. The van der Waals surface area contributed by atoms with Crippen LogP contribution in [0.1, 0.15) is 278 Å². The molecule has 7 nitrogen and oxygen atoms in total. The maximum atomic E-state index is 12.7. The number of methoxy groups -OCH3 is 1. The maximum absolute atomic E-state index is 12.7. The number of aliphatic hydroxyl groups excluding tert-OH is 1. The van der Waals surface area contributed by atoms with Crippen molar-refractivity contribution in [3.05, 3.63) is 0 Å². The summed E-state index contributed by atoms with van der Waals surface area (Å²) < 4.78 is 11.2. The van der Waals surface area contributed by atoms with E-state index in [-0.39, 0.29) is 12.1 Å². The van der Waals surface area contributed by atoms with E-state index in [9.17, 15) is 9.59 Å². The fourth-order valence-corrected chi connectivity index (χ4v) is 9.01. The van der Waals surface area contributed by atoms with Crippen LogP contribution in [0.4, 0.5) is 0 Å². The van der Waals surface area contributed by atoms with Crippen LogP contribution >= 0.6 is 0 Å². The summed E-state index contributed by atoms with van der Waals surface area (Å²) in [7, 11) is 2.79. The van der Waals surface area contributed by atoms with Gasteiger partial charge in [-0.25, -0.2) is 0 Å². The van der Waals surface area contributed by atoms with Crippen molar-refractivity contribution < 1.29 is 29.0 Å². The highest BCUT2D eigenvalue weighted by molar-refractivity contribution is 5.69. The van der Waals surface area contributed by atoms with Crippen molar-refractivity contribution in [2.45, 2.75) is 284 Å². The Labute approximate surface area is 388 Å². The van der Waals surface area contributed by atoms with E-state index >= 15 is 0 Å². The lowest BCUT2D eigenvalue weighted by Gasteiger charge is -2.19. The van der Waals surface area contributed by atoms with Crippen molar-refractivity contribution in [1.82, 2.24) is 4.90 Å². The van der Waals surface area contributed by atoms with Crippen molar-refractivity contribution in [2.24, 2.45) is 11.8 Å². The van der Waals surface area contributed by atoms with E-state index in [2.05, 4.69) is 32.6 Å². The number of rotatable bonds is 44. The zero-order valence-electron chi connectivity index (χ0n) is 42.9. The third kappa shape index (κ3) is 49.7. The second kappa shape index (κ2) is 57.7. The molecule has 372 valence electrons. The molecule has 0 saturated carbocycles. The molecule has 1 unspecified atom stereocenters. The van der Waals surface area contributed by atoms with Crippen molar-refractivity contribution >= 4 is 19.0 Å². The van der Waals surface area contributed by atoms with E-state index in [4.69, 9.17) is 19.4 Å². The fourth-order valence-electron chi connectivity index (χ4n) is 9.01. The molecule has 0 aromatic rings. The van der Waals surface area contributed by atoms with Gasteiger partial charge in [0.15, 0.2) is 0 Å². The van der Waals surface area contributed by atoms with Crippen LogP contribution in [-0.4, -0.2) is 75.6 Å². The topological polar surface area (TPSA) is 93.1 Å². The minimum absolute atomic E-state index is 0.0466. The average Bonchev–Trinajstić information content (AvgIpc) is 3.81. The SMILES string of the molecule is C=O.CCCCCC(CC=O)CCCCC.CCCCCC(CCCCC)CCCCCCCCCCC(CCCCCCCCCOC)OC(=O)CCCN1CCCC1.CO. The molecule has 1 aliphatic heterocycles. The summed E-state index contributed by atoms with van der Waals surface area (Å²) in [5.74, 6) is 1.71. The number of aliphatic hydroxyl groups is 1. The van der Waals surface area contributed by atoms with Gasteiger partial charge in [-0.2, -0.15) is 0 Å². The number of hydrogen-bond acceptors (Lipinski definition) is 7. The first kappa shape index (κ1) is 65.0. The second-order valence-corrected chi connectivity index (χ2v) is 18.5. The van der Waals surface area contributed by atoms with Gasteiger partial charge in [0.2, 0.25) is 0 Å². The molecule has 1 heterocycles. The Morgan fingerprint density at radius 1 is 0.532 bits per heavy atom. The summed E-state index contributed by atoms with van der Waals surface area (Å²) >= 11 is 0. The Morgan fingerprint density at radius 2 is 0.887 bits per heavy atom. The van der Waals surface area contributed by atoms with Gasteiger partial charge < -0.3 is 29.1 Å². The van der Waals surface area contributed by atoms with Crippen molar-refractivity contribution in [3.8, 4) is 0 Å². The Bertz CT molecular complexity index is 817. The van der Waals surface area contributed by atoms with E-state index in [0.29, 0.717) is 12.3 Å². The predicted molar refractivity (Wildman–Crippen MR) is 269 cm³/mol. The molecule has 1 rings (SSSR count). The van der Waals surface area contributed by atoms with Gasteiger partial charge in [-0.05, 0) is 82.8 Å². The Morgan fingerprint density at radius 3 is 1.27 bits per heavy atom. The monoisotopic (exact) mass is 882 g/mol. The highest BCUT2D eigenvalue weighted by Crippen LogP contribution is 2.25. The van der Waals surface area contributed by atoms with Gasteiger partial charge in [0.1, 0.15) is 19.2 Å². The molecule has 1 aliphatic rings. The third-order valence-corrected chi connectivity index (χ3v) is 12.9. The number of carbonyl (C=O) groups excluding carboxylic acids is 3. The number of unbranched alkanes of at least 4 members (excludes halogenated alkanes) is 21. The molecule has 1 fully saturated rings. The van der Waals surface area contributed by atoms with E-state index in [1.807, 2.05) is 6.79 Å². The number of ether oxygens (including phenoxy) is 2. The Kier molecular flexibility index (Phi) is 60.5. The number of carbonyl (C=O) groups is 3. The molecule has 0 aliphatic carbocycles. The van der Waals surface area contributed by atoms with Crippen LogP contribution in [0.25, 0.3) is 0 Å². The van der Waals surface area contributed by atoms with Gasteiger partial charge in [-0.15, -0.1) is 0 Å². The van der Waals surface area contributed by atoms with Gasteiger partial charge in [-0.1, -0.05) is 214 Å². The normalized spacial score (nSPS) is 12.9. The summed E-state index contributed by atoms with van der Waals surface area (Å²) in [6.45, 7) is 15.5. The minimum Gasteiger partial charge on any atom is -0.462 e. The second-order valence-electron chi connectivity index (χ2n) is 18.5. The standard InChI is InChI=1S/C40H79NO3.C13H26O.CH4O.CH2O/c1-4-6-19-28-38(29-20-7-5-2)30-21-15-11-8-9-12-16-22-31-39(32-23-17-13-10-14-18-26-37-43-3)44-40(42)33-27-36-41-34-24-25-35-41;1-3-5-7-9-13(11-12-14)10-8-6-4-2;2*1-2/h38-39H,4-37H2,1-3H3;12-13H,3-11H2,1-2H3;2H,1H3;1H2. The highest BCUT2D eigenvalue weighted by atomic mass is 16.5. The third-order valence-electron chi connectivity index (χ3n) is 12.9. The number of nitrogens with zero attached hydrogens (tertiary/aromatic N) is 1. The van der Waals surface area contributed by atoms with Crippen LogP contribution in [0.2, 0.25) is 0 Å². The van der Waals surface area contributed by atoms with Gasteiger partial charge in [0.25, 0.3) is 0 Å². The first-order chi connectivity index (χ1) is 30.5. The van der Waals surface area contributed by atoms with Crippen LogP contribution in [0.3, 0.4) is 0 Å². The minimum atomic E-state index is 0.0466. The lowest BCUT2D eigenvalue weighted by Crippen LogP contribution is -2.23. The zero-order chi connectivity index (χ0) is 46.4. The number of likely N-dealkylation sites (tertiary alicyclic amines) is 1. The molecule has 1 N–H and O–H groups in total. The molecular formula is C55H111NO6. The molecule has 1 saturated heterocycles. The fraction of sp³-hybridized carbons (Fsp3) is 0.945. The molecule has 0 spiro atoms. The molecular weight excluding hydrogens is 771 g/mol. The van der Waals surface area contributed by atoms with Gasteiger partial charge in [-0.3, -0.25) is 4.79 Å². The summed E-state index contributed by atoms with van der Waals surface area (Å²) in [4.78, 5) is 33.7. The smallest absolute Gasteiger partial charge is 0.306 e. The van der Waals surface area contributed by atoms with Crippen molar-refractivity contribution in [3.63, 3.8) is 0 Å². The maximum Gasteiger partial charge on any atom is 0.306 e. The van der Waals surface area contributed by atoms with Crippen LogP contribution < -0.4 is 0 Å². The van der Waals surface area contributed by atoms with Crippen LogP contribution in [0, 0.1) is 11.8 Å². The van der Waals surface area contributed by atoms with Crippen LogP contribution in [0.5, 0.6) is 0 Å².